The smallest absolute Gasteiger partial charge is 0.245 e. The van der Waals surface area contributed by atoms with Crippen LogP contribution in [0.15, 0.2) is 41.5 Å². The van der Waals surface area contributed by atoms with Crippen molar-refractivity contribution in [3.8, 4) is 0 Å². The van der Waals surface area contributed by atoms with Gasteiger partial charge in [-0.1, -0.05) is 11.6 Å². The van der Waals surface area contributed by atoms with Crippen LogP contribution in [0, 0.1) is 18.6 Å². The lowest BCUT2D eigenvalue weighted by atomic mass is 9.91. The summed E-state index contributed by atoms with van der Waals surface area (Å²) in [5, 5.41) is 6.82. The molecule has 0 saturated heterocycles. The number of rotatable bonds is 3. The van der Waals surface area contributed by atoms with Crippen molar-refractivity contribution in [2.45, 2.75) is 25.8 Å². The molecule has 1 unspecified atom stereocenters. The van der Waals surface area contributed by atoms with E-state index in [-0.39, 0.29) is 12.0 Å². The van der Waals surface area contributed by atoms with Gasteiger partial charge in [0, 0.05) is 18.1 Å². The van der Waals surface area contributed by atoms with E-state index in [0.29, 0.717) is 11.4 Å². The van der Waals surface area contributed by atoms with Crippen LogP contribution in [0.4, 0.5) is 14.5 Å². The quantitative estimate of drug-likeness (QED) is 0.855. The Morgan fingerprint density at radius 3 is 2.60 bits per heavy atom. The molecule has 0 saturated carbocycles. The first-order chi connectivity index (χ1) is 11.7. The number of hydrogen-bond donors (Lipinski definition) is 1. The van der Waals surface area contributed by atoms with E-state index < -0.39 is 23.1 Å². The van der Waals surface area contributed by atoms with Gasteiger partial charge in [0.25, 0.3) is 0 Å². The van der Waals surface area contributed by atoms with E-state index >= 15 is 0 Å². The molecule has 1 aliphatic rings. The lowest BCUT2D eigenvalue weighted by molar-refractivity contribution is -0.122. The highest BCUT2D eigenvalue weighted by Gasteiger charge is 2.45. The Morgan fingerprint density at radius 1 is 1.28 bits per heavy atom. The molecule has 1 heterocycles. The molecule has 2 aromatic carbocycles. The number of amides is 1. The lowest BCUT2D eigenvalue weighted by Gasteiger charge is -2.32. The van der Waals surface area contributed by atoms with Gasteiger partial charge in [-0.15, -0.1) is 9.24 Å². The van der Waals surface area contributed by atoms with Crippen molar-refractivity contribution >= 4 is 31.9 Å². The molecule has 7 heteroatoms. The summed E-state index contributed by atoms with van der Waals surface area (Å²) in [6, 6.07) is 8.97. The van der Waals surface area contributed by atoms with Crippen LogP contribution in [0.25, 0.3) is 0 Å². The Bertz CT molecular complexity index is 900. The monoisotopic (exact) mass is 361 g/mol. The molecule has 0 radical (unpaired) electrons. The summed E-state index contributed by atoms with van der Waals surface area (Å²) in [6.07, 6.45) is 0.128. The highest BCUT2D eigenvalue weighted by Crippen LogP contribution is 2.35. The van der Waals surface area contributed by atoms with E-state index in [1.807, 2.05) is 25.1 Å². The fraction of sp³-hybridized carbons (Fsp3) is 0.222. The number of halogens is 2. The molecule has 1 aliphatic heterocycles. The Labute approximate surface area is 146 Å². The fourth-order valence-electron chi connectivity index (χ4n) is 2.92. The molecule has 0 bridgehead atoms. The Morgan fingerprint density at radius 2 is 2.00 bits per heavy atom. The predicted octanol–water partition coefficient (Wildman–Crippen LogP) is 2.63. The summed E-state index contributed by atoms with van der Waals surface area (Å²) in [4.78, 5) is 12.1. The third-order valence-electron chi connectivity index (χ3n) is 4.38. The number of benzene rings is 2. The van der Waals surface area contributed by atoms with E-state index in [0.717, 1.165) is 23.0 Å². The summed E-state index contributed by atoms with van der Waals surface area (Å²) >= 11 is 0. The average Bonchev–Trinajstić information content (AvgIpc) is 2.86. The highest BCUT2D eigenvalue weighted by atomic mass is 31.0. The molecule has 1 amide bonds. The largest absolute Gasteiger partial charge is 0.368 e. The van der Waals surface area contributed by atoms with Gasteiger partial charge in [-0.3, -0.25) is 4.79 Å². The van der Waals surface area contributed by atoms with Crippen LogP contribution >= 0.6 is 9.24 Å². The van der Waals surface area contributed by atoms with Crippen molar-refractivity contribution in [2.75, 3.05) is 5.01 Å². The van der Waals surface area contributed by atoms with Gasteiger partial charge in [0.2, 0.25) is 5.91 Å². The molecule has 2 N–H and O–H groups in total. The molecule has 3 rings (SSSR count). The molecule has 0 aliphatic carbocycles. The van der Waals surface area contributed by atoms with E-state index in [2.05, 4.69) is 14.3 Å². The molecule has 0 spiro atoms. The fourth-order valence-corrected chi connectivity index (χ4v) is 3.40. The number of aryl methyl sites for hydroxylation is 1. The van der Waals surface area contributed by atoms with Crippen molar-refractivity contribution in [1.82, 2.24) is 0 Å². The number of nitrogens with two attached hydrogens (primary N) is 1. The van der Waals surface area contributed by atoms with Crippen LogP contribution in [-0.4, -0.2) is 17.2 Å². The zero-order valence-corrected chi connectivity index (χ0v) is 15.0. The molecule has 130 valence electrons. The summed E-state index contributed by atoms with van der Waals surface area (Å²) in [7, 11) is 2.61. The van der Waals surface area contributed by atoms with E-state index in [4.69, 9.17) is 5.73 Å². The molecular formula is C18H18F2N3OP. The second-order valence-electron chi connectivity index (χ2n) is 6.36. The zero-order valence-electron chi connectivity index (χ0n) is 13.9. The molecule has 25 heavy (non-hydrogen) atoms. The topological polar surface area (TPSA) is 58.7 Å². The van der Waals surface area contributed by atoms with Crippen LogP contribution < -0.4 is 16.0 Å². The molecule has 2 atom stereocenters. The maximum Gasteiger partial charge on any atom is 0.245 e. The van der Waals surface area contributed by atoms with Gasteiger partial charge in [-0.05, 0) is 43.4 Å². The van der Waals surface area contributed by atoms with E-state index in [1.54, 1.807) is 6.92 Å². The standard InChI is InChI=1S/C18H18F2N3OP/c1-10-3-6-15(16(25)7-10)23-18(2,17(21)24)9-14(22-23)12-5-4-11(19)8-13(12)20/h3-8H,9,25H2,1-2H3,(H2,21,24)/t18-/m1/s1. The Balaban J connectivity index is 2.13. The number of nitrogens with zero attached hydrogens (tertiary/aromatic N) is 2. The van der Waals surface area contributed by atoms with Gasteiger partial charge in [-0.2, -0.15) is 5.10 Å². The first kappa shape index (κ1) is 17.5. The highest BCUT2D eigenvalue weighted by molar-refractivity contribution is 7.28. The summed E-state index contributed by atoms with van der Waals surface area (Å²) in [6.45, 7) is 3.62. The third-order valence-corrected chi connectivity index (χ3v) is 4.85. The minimum absolute atomic E-state index is 0.128. The van der Waals surface area contributed by atoms with Crippen molar-refractivity contribution in [2.24, 2.45) is 10.8 Å². The van der Waals surface area contributed by atoms with Crippen LogP contribution in [0.5, 0.6) is 0 Å². The molecule has 2 aromatic rings. The van der Waals surface area contributed by atoms with Gasteiger partial charge in [0.1, 0.15) is 17.2 Å². The number of carbonyl (C=O) groups is 1. The lowest BCUT2D eigenvalue weighted by Crippen LogP contribution is -2.52. The number of anilines is 1. The molecule has 0 fully saturated rings. The Kier molecular flexibility index (Phi) is 4.33. The first-order valence-electron chi connectivity index (χ1n) is 7.71. The number of hydrazone groups is 1. The minimum atomic E-state index is -1.14. The summed E-state index contributed by atoms with van der Waals surface area (Å²) in [5.41, 5.74) is 6.74. The van der Waals surface area contributed by atoms with Crippen molar-refractivity contribution < 1.29 is 13.6 Å². The molecular weight excluding hydrogens is 343 g/mol. The van der Waals surface area contributed by atoms with Gasteiger partial charge >= 0.3 is 0 Å². The van der Waals surface area contributed by atoms with Crippen LogP contribution in [0.1, 0.15) is 24.5 Å². The maximum atomic E-state index is 14.2. The van der Waals surface area contributed by atoms with Crippen LogP contribution in [0.2, 0.25) is 0 Å². The molecule has 0 aromatic heterocycles. The van der Waals surface area contributed by atoms with E-state index in [1.165, 1.54) is 11.1 Å². The normalized spacial score (nSPS) is 19.9. The summed E-state index contributed by atoms with van der Waals surface area (Å²) < 4.78 is 27.3. The van der Waals surface area contributed by atoms with Gasteiger partial charge in [-0.25, -0.2) is 13.8 Å². The van der Waals surface area contributed by atoms with Crippen LogP contribution in [0.3, 0.4) is 0 Å². The molecule has 4 nitrogen and oxygen atoms in total. The van der Waals surface area contributed by atoms with Gasteiger partial charge in [0.05, 0.1) is 11.4 Å². The third kappa shape index (κ3) is 3.02. The van der Waals surface area contributed by atoms with Gasteiger partial charge in [0.15, 0.2) is 0 Å². The maximum absolute atomic E-state index is 14.2. The van der Waals surface area contributed by atoms with Crippen molar-refractivity contribution in [3.05, 3.63) is 59.2 Å². The second-order valence-corrected chi connectivity index (χ2v) is 6.98. The van der Waals surface area contributed by atoms with Crippen molar-refractivity contribution in [3.63, 3.8) is 0 Å². The average molecular weight is 361 g/mol. The van der Waals surface area contributed by atoms with Crippen molar-refractivity contribution in [1.29, 1.82) is 0 Å². The SMILES string of the molecule is Cc1ccc(N2N=C(c3ccc(F)cc3F)C[C@]2(C)C(N)=O)c(P)c1. The number of carbonyl (C=O) groups excluding carboxylic acids is 1. The number of primary amides is 1. The Hall–Kier alpha value is -2.33. The summed E-state index contributed by atoms with van der Waals surface area (Å²) in [5.74, 6) is -1.96. The number of hydrogen-bond acceptors (Lipinski definition) is 3. The van der Waals surface area contributed by atoms with Crippen LogP contribution in [-0.2, 0) is 4.79 Å². The predicted molar refractivity (Wildman–Crippen MR) is 98.1 cm³/mol. The van der Waals surface area contributed by atoms with Gasteiger partial charge < -0.3 is 5.73 Å². The first-order valence-corrected chi connectivity index (χ1v) is 8.29. The minimum Gasteiger partial charge on any atom is -0.368 e. The second kappa shape index (κ2) is 6.19. The zero-order chi connectivity index (χ0) is 18.4. The van der Waals surface area contributed by atoms with E-state index in [9.17, 15) is 13.6 Å².